The predicted octanol–water partition coefficient (Wildman–Crippen LogP) is 3.31. The summed E-state index contributed by atoms with van der Waals surface area (Å²) in [6, 6.07) is 1.46. The Balaban J connectivity index is 3.18. The molecule has 0 aliphatic heterocycles. The summed E-state index contributed by atoms with van der Waals surface area (Å²) in [4.78, 5) is 22.7. The highest BCUT2D eigenvalue weighted by Crippen LogP contribution is 2.33. The van der Waals surface area contributed by atoms with Crippen molar-refractivity contribution in [1.82, 2.24) is 4.57 Å². The minimum absolute atomic E-state index is 0.0112. The van der Waals surface area contributed by atoms with E-state index in [2.05, 4.69) is 13.8 Å². The first-order valence-corrected chi connectivity index (χ1v) is 7.61. The molecule has 1 N–H and O–H groups in total. The molecule has 1 heterocycles. The van der Waals surface area contributed by atoms with Crippen LogP contribution in [0.2, 0.25) is 0 Å². The van der Waals surface area contributed by atoms with E-state index in [4.69, 9.17) is 0 Å². The van der Waals surface area contributed by atoms with Crippen molar-refractivity contribution < 1.29 is 14.7 Å². The minimum Gasteiger partial charge on any atom is -0.477 e. The molecule has 0 aromatic carbocycles. The van der Waals surface area contributed by atoms with Crippen molar-refractivity contribution in [1.29, 1.82) is 0 Å². The molecule has 0 fully saturated rings. The second kappa shape index (κ2) is 6.28. The van der Waals surface area contributed by atoms with E-state index >= 15 is 0 Å². The molecule has 0 unspecified atom stereocenters. The van der Waals surface area contributed by atoms with Gasteiger partial charge in [0.25, 0.3) is 0 Å². The molecule has 4 nitrogen and oxygen atoms in total. The Labute approximate surface area is 118 Å². The van der Waals surface area contributed by atoms with Gasteiger partial charge in [0.2, 0.25) is 0 Å². The van der Waals surface area contributed by atoms with Gasteiger partial charge in [-0.25, -0.2) is 4.79 Å². The van der Waals surface area contributed by atoms with E-state index in [1.807, 2.05) is 6.26 Å². The number of aromatic nitrogens is 1. The number of carbonyl (C=O) groups is 2. The first-order chi connectivity index (χ1) is 8.89. The van der Waals surface area contributed by atoms with Gasteiger partial charge in [-0.1, -0.05) is 13.8 Å². The van der Waals surface area contributed by atoms with E-state index in [0.29, 0.717) is 12.1 Å². The van der Waals surface area contributed by atoms with E-state index < -0.39 is 5.97 Å². The van der Waals surface area contributed by atoms with Crippen LogP contribution in [0.15, 0.2) is 12.3 Å². The van der Waals surface area contributed by atoms with Crippen molar-refractivity contribution in [2.24, 2.45) is 0 Å². The van der Waals surface area contributed by atoms with Crippen LogP contribution in [-0.2, 0) is 6.54 Å². The number of carboxylic acids is 1. The Hall–Kier alpha value is -1.23. The zero-order valence-electron chi connectivity index (χ0n) is 11.9. The van der Waals surface area contributed by atoms with E-state index in [1.54, 1.807) is 22.5 Å². The summed E-state index contributed by atoms with van der Waals surface area (Å²) in [5.74, 6) is -1.10. The smallest absolute Gasteiger partial charge is 0.352 e. The van der Waals surface area contributed by atoms with Crippen LogP contribution < -0.4 is 0 Å². The summed E-state index contributed by atoms with van der Waals surface area (Å²) in [6.07, 6.45) is 5.61. The standard InChI is InChI=1S/C14H21NO3S/c1-5-14(6-2,19-4)9-15-8-11(10(3)16)7-12(15)13(17)18/h7-8H,5-6,9H2,1-4H3,(H,17,18). The third kappa shape index (κ3) is 3.41. The maximum atomic E-state index is 11.4. The normalized spacial score (nSPS) is 11.6. The fourth-order valence-electron chi connectivity index (χ4n) is 2.15. The number of Topliss-reactive ketones (excluding diaryl/α,β-unsaturated/α-hetero) is 1. The zero-order valence-corrected chi connectivity index (χ0v) is 12.7. The number of carboxylic acid groups (broad SMARTS) is 1. The van der Waals surface area contributed by atoms with Crippen molar-refractivity contribution in [2.45, 2.75) is 44.9 Å². The van der Waals surface area contributed by atoms with Crippen molar-refractivity contribution >= 4 is 23.5 Å². The van der Waals surface area contributed by atoms with Crippen LogP contribution in [0.4, 0.5) is 0 Å². The van der Waals surface area contributed by atoms with Gasteiger partial charge < -0.3 is 9.67 Å². The second-order valence-electron chi connectivity index (χ2n) is 4.70. The van der Waals surface area contributed by atoms with Crippen LogP contribution >= 0.6 is 11.8 Å². The molecule has 0 spiro atoms. The number of thioether (sulfide) groups is 1. The summed E-state index contributed by atoms with van der Waals surface area (Å²) < 4.78 is 1.71. The third-order valence-electron chi connectivity index (χ3n) is 3.70. The molecule has 0 saturated carbocycles. The Morgan fingerprint density at radius 2 is 1.95 bits per heavy atom. The number of hydrogen-bond donors (Lipinski definition) is 1. The molecular formula is C14H21NO3S. The van der Waals surface area contributed by atoms with Crippen LogP contribution in [0.5, 0.6) is 0 Å². The summed E-state index contributed by atoms with van der Waals surface area (Å²) in [5, 5.41) is 9.24. The lowest BCUT2D eigenvalue weighted by Gasteiger charge is -2.30. The van der Waals surface area contributed by atoms with Crippen LogP contribution in [0.3, 0.4) is 0 Å². The Morgan fingerprint density at radius 3 is 2.32 bits per heavy atom. The maximum Gasteiger partial charge on any atom is 0.352 e. The number of nitrogens with zero attached hydrogens (tertiary/aromatic N) is 1. The number of rotatable bonds is 7. The summed E-state index contributed by atoms with van der Waals surface area (Å²) in [6.45, 7) is 6.27. The van der Waals surface area contributed by atoms with Gasteiger partial charge in [-0.05, 0) is 32.1 Å². The first kappa shape index (κ1) is 15.8. The van der Waals surface area contributed by atoms with Crippen molar-refractivity contribution in [3.05, 3.63) is 23.5 Å². The number of ketones is 1. The van der Waals surface area contributed by atoms with E-state index in [-0.39, 0.29) is 16.2 Å². The second-order valence-corrected chi connectivity index (χ2v) is 5.97. The van der Waals surface area contributed by atoms with Crippen LogP contribution in [0.25, 0.3) is 0 Å². The molecule has 106 valence electrons. The quantitative estimate of drug-likeness (QED) is 0.780. The maximum absolute atomic E-state index is 11.4. The lowest BCUT2D eigenvalue weighted by Crippen LogP contribution is -2.30. The van der Waals surface area contributed by atoms with Crippen LogP contribution in [0.1, 0.15) is 54.5 Å². The molecule has 0 saturated heterocycles. The van der Waals surface area contributed by atoms with Crippen LogP contribution in [-0.4, -0.2) is 32.4 Å². The lowest BCUT2D eigenvalue weighted by atomic mass is 10.0. The van der Waals surface area contributed by atoms with Gasteiger partial charge in [0.15, 0.2) is 5.78 Å². The molecule has 0 bridgehead atoms. The first-order valence-electron chi connectivity index (χ1n) is 6.38. The van der Waals surface area contributed by atoms with Crippen molar-refractivity contribution in [2.75, 3.05) is 6.26 Å². The van der Waals surface area contributed by atoms with Gasteiger partial charge in [0, 0.05) is 23.1 Å². The van der Waals surface area contributed by atoms with E-state index in [0.717, 1.165) is 12.8 Å². The molecule has 0 radical (unpaired) electrons. The fourth-order valence-corrected chi connectivity index (χ4v) is 3.00. The molecule has 1 rings (SSSR count). The Kier molecular flexibility index (Phi) is 5.23. The highest BCUT2D eigenvalue weighted by molar-refractivity contribution is 8.00. The average Bonchev–Trinajstić information content (AvgIpc) is 2.80. The molecule has 0 aliphatic rings. The molecule has 0 aliphatic carbocycles. The fraction of sp³-hybridized carbons (Fsp3) is 0.571. The number of hydrogen-bond acceptors (Lipinski definition) is 3. The Morgan fingerprint density at radius 1 is 1.37 bits per heavy atom. The van der Waals surface area contributed by atoms with Gasteiger partial charge in [0.1, 0.15) is 5.69 Å². The Bertz CT molecular complexity index is 467. The molecule has 19 heavy (non-hydrogen) atoms. The van der Waals surface area contributed by atoms with E-state index in [1.165, 1.54) is 13.0 Å². The number of aromatic carboxylic acids is 1. The monoisotopic (exact) mass is 283 g/mol. The molecular weight excluding hydrogens is 262 g/mol. The van der Waals surface area contributed by atoms with Gasteiger partial charge in [-0.2, -0.15) is 11.8 Å². The topological polar surface area (TPSA) is 59.3 Å². The summed E-state index contributed by atoms with van der Waals surface area (Å²) >= 11 is 1.75. The molecule has 1 aromatic heterocycles. The van der Waals surface area contributed by atoms with E-state index in [9.17, 15) is 14.7 Å². The summed E-state index contributed by atoms with van der Waals surface area (Å²) in [7, 11) is 0. The van der Waals surface area contributed by atoms with Crippen LogP contribution in [0, 0.1) is 0 Å². The highest BCUT2D eigenvalue weighted by Gasteiger charge is 2.27. The van der Waals surface area contributed by atoms with Gasteiger partial charge in [-0.15, -0.1) is 0 Å². The third-order valence-corrected chi connectivity index (χ3v) is 5.27. The zero-order chi connectivity index (χ0) is 14.6. The highest BCUT2D eigenvalue weighted by atomic mass is 32.2. The molecule has 0 amide bonds. The van der Waals surface area contributed by atoms with Crippen molar-refractivity contribution in [3.8, 4) is 0 Å². The lowest BCUT2D eigenvalue weighted by molar-refractivity contribution is 0.0684. The molecule has 0 atom stereocenters. The minimum atomic E-state index is -0.991. The van der Waals surface area contributed by atoms with Gasteiger partial charge >= 0.3 is 5.97 Å². The van der Waals surface area contributed by atoms with Gasteiger partial charge in [-0.3, -0.25) is 4.79 Å². The summed E-state index contributed by atoms with van der Waals surface area (Å²) in [5.41, 5.74) is 0.644. The molecule has 1 aromatic rings. The van der Waals surface area contributed by atoms with Crippen molar-refractivity contribution in [3.63, 3.8) is 0 Å². The average molecular weight is 283 g/mol. The number of carbonyl (C=O) groups excluding carboxylic acids is 1. The predicted molar refractivity (Wildman–Crippen MR) is 78.2 cm³/mol. The molecule has 5 heteroatoms. The SMILES string of the molecule is CCC(CC)(Cn1cc(C(C)=O)cc1C(=O)O)SC. The largest absolute Gasteiger partial charge is 0.477 e. The van der Waals surface area contributed by atoms with Gasteiger partial charge in [0.05, 0.1) is 0 Å².